The maximum Gasteiger partial charge on any atom is 0.336 e. The second-order valence-electron chi connectivity index (χ2n) is 3.05. The molecule has 0 unspecified atom stereocenters. The first-order chi connectivity index (χ1) is 7.95. The van der Waals surface area contributed by atoms with Gasteiger partial charge in [0.1, 0.15) is 11.6 Å². The summed E-state index contributed by atoms with van der Waals surface area (Å²) in [6.07, 6.45) is 0.486. The van der Waals surface area contributed by atoms with E-state index in [1.165, 1.54) is 13.2 Å². The zero-order valence-corrected chi connectivity index (χ0v) is 8.81. The van der Waals surface area contributed by atoms with Gasteiger partial charge in [-0.25, -0.2) is 14.0 Å². The molecule has 0 saturated heterocycles. The topological polar surface area (TPSA) is 83.8 Å². The second kappa shape index (κ2) is 5.11. The largest absolute Gasteiger partial charge is 0.496 e. The van der Waals surface area contributed by atoms with E-state index in [4.69, 9.17) is 14.9 Å². The minimum absolute atomic E-state index is 0.0845. The van der Waals surface area contributed by atoms with Gasteiger partial charge >= 0.3 is 11.9 Å². The molecule has 0 atom stereocenters. The monoisotopic (exact) mass is 240 g/mol. The van der Waals surface area contributed by atoms with Crippen LogP contribution in [-0.4, -0.2) is 29.3 Å². The van der Waals surface area contributed by atoms with Crippen LogP contribution >= 0.6 is 0 Å². The smallest absolute Gasteiger partial charge is 0.336 e. The van der Waals surface area contributed by atoms with Crippen LogP contribution in [0.5, 0.6) is 5.75 Å². The molecule has 0 amide bonds. The predicted octanol–water partition coefficient (Wildman–Crippen LogP) is 1.39. The standard InChI is InChI=1S/C11H9FO5/c1-17-9-3-2-6(12)4-7(9)8(11(15)16)5-10(13)14/h2-5H,1H3,(H,13,14)(H,15,16)/b8-5-. The summed E-state index contributed by atoms with van der Waals surface area (Å²) in [4.78, 5) is 21.4. The minimum Gasteiger partial charge on any atom is -0.496 e. The van der Waals surface area contributed by atoms with Gasteiger partial charge in [0.05, 0.1) is 12.7 Å². The van der Waals surface area contributed by atoms with Crippen molar-refractivity contribution >= 4 is 17.5 Å². The van der Waals surface area contributed by atoms with Crippen molar-refractivity contribution < 1.29 is 28.9 Å². The van der Waals surface area contributed by atoms with E-state index in [0.29, 0.717) is 6.08 Å². The Kier molecular flexibility index (Phi) is 3.82. The van der Waals surface area contributed by atoms with Crippen LogP contribution in [0.4, 0.5) is 4.39 Å². The van der Waals surface area contributed by atoms with Crippen LogP contribution in [0.3, 0.4) is 0 Å². The van der Waals surface area contributed by atoms with Gasteiger partial charge in [-0.2, -0.15) is 0 Å². The van der Waals surface area contributed by atoms with Crippen LogP contribution < -0.4 is 4.74 Å². The van der Waals surface area contributed by atoms with E-state index in [-0.39, 0.29) is 11.3 Å². The number of carbonyl (C=O) groups is 2. The average molecular weight is 240 g/mol. The summed E-state index contributed by atoms with van der Waals surface area (Å²) in [7, 11) is 1.27. The number of aliphatic carboxylic acids is 2. The molecule has 1 aromatic rings. The molecule has 0 aliphatic rings. The molecule has 1 aromatic carbocycles. The zero-order chi connectivity index (χ0) is 13.0. The Morgan fingerprint density at radius 1 is 1.35 bits per heavy atom. The number of hydrogen-bond donors (Lipinski definition) is 2. The Hall–Kier alpha value is -2.37. The van der Waals surface area contributed by atoms with Crippen LogP contribution in [-0.2, 0) is 9.59 Å². The highest BCUT2D eigenvalue weighted by molar-refractivity contribution is 6.20. The molecule has 0 aliphatic carbocycles. The highest BCUT2D eigenvalue weighted by atomic mass is 19.1. The van der Waals surface area contributed by atoms with Gasteiger partial charge in [-0.15, -0.1) is 0 Å². The van der Waals surface area contributed by atoms with E-state index in [1.54, 1.807) is 0 Å². The van der Waals surface area contributed by atoms with Gasteiger partial charge in [0.15, 0.2) is 0 Å². The van der Waals surface area contributed by atoms with E-state index in [9.17, 15) is 14.0 Å². The maximum atomic E-state index is 13.0. The van der Waals surface area contributed by atoms with Crippen LogP contribution in [0.25, 0.3) is 5.57 Å². The molecular formula is C11H9FO5. The highest BCUT2D eigenvalue weighted by Crippen LogP contribution is 2.27. The van der Waals surface area contributed by atoms with Crippen molar-refractivity contribution in [3.8, 4) is 5.75 Å². The molecule has 0 bridgehead atoms. The van der Waals surface area contributed by atoms with Crippen molar-refractivity contribution in [1.82, 2.24) is 0 Å². The first kappa shape index (κ1) is 12.7. The summed E-state index contributed by atoms with van der Waals surface area (Å²) >= 11 is 0. The molecule has 90 valence electrons. The summed E-state index contributed by atoms with van der Waals surface area (Å²) in [5.41, 5.74) is -0.670. The van der Waals surface area contributed by atoms with Crippen molar-refractivity contribution in [1.29, 1.82) is 0 Å². The Morgan fingerprint density at radius 3 is 2.47 bits per heavy atom. The Morgan fingerprint density at radius 2 is 2.00 bits per heavy atom. The molecule has 0 heterocycles. The quantitative estimate of drug-likeness (QED) is 0.777. The van der Waals surface area contributed by atoms with Gasteiger partial charge in [-0.05, 0) is 18.2 Å². The fourth-order valence-electron chi connectivity index (χ4n) is 1.27. The number of carboxylic acid groups (broad SMARTS) is 2. The fourth-order valence-corrected chi connectivity index (χ4v) is 1.27. The first-order valence-electron chi connectivity index (χ1n) is 4.47. The van der Waals surface area contributed by atoms with Crippen LogP contribution in [0.2, 0.25) is 0 Å². The third kappa shape index (κ3) is 3.04. The summed E-state index contributed by atoms with van der Waals surface area (Å²) in [6.45, 7) is 0. The van der Waals surface area contributed by atoms with E-state index < -0.39 is 23.3 Å². The number of hydrogen-bond acceptors (Lipinski definition) is 3. The summed E-state index contributed by atoms with van der Waals surface area (Å²) < 4.78 is 17.9. The van der Waals surface area contributed by atoms with E-state index in [0.717, 1.165) is 12.1 Å². The van der Waals surface area contributed by atoms with Gasteiger partial charge in [0, 0.05) is 11.6 Å². The van der Waals surface area contributed by atoms with Crippen LogP contribution in [0, 0.1) is 5.82 Å². The number of benzene rings is 1. The lowest BCUT2D eigenvalue weighted by atomic mass is 10.0. The molecular weight excluding hydrogens is 231 g/mol. The van der Waals surface area contributed by atoms with Crippen molar-refractivity contribution in [2.45, 2.75) is 0 Å². The molecule has 0 fully saturated rings. The Balaban J connectivity index is 3.42. The van der Waals surface area contributed by atoms with E-state index in [1.807, 2.05) is 0 Å². The Labute approximate surface area is 95.8 Å². The molecule has 0 saturated carbocycles. The number of ether oxygens (including phenoxy) is 1. The van der Waals surface area contributed by atoms with E-state index in [2.05, 4.69) is 0 Å². The molecule has 0 aromatic heterocycles. The lowest BCUT2D eigenvalue weighted by molar-refractivity contribution is -0.133. The number of carboxylic acids is 2. The predicted molar refractivity (Wildman–Crippen MR) is 56.2 cm³/mol. The van der Waals surface area contributed by atoms with Gasteiger partial charge in [0.25, 0.3) is 0 Å². The minimum atomic E-state index is -1.48. The number of rotatable bonds is 4. The van der Waals surface area contributed by atoms with Crippen LogP contribution in [0.1, 0.15) is 5.56 Å². The van der Waals surface area contributed by atoms with E-state index >= 15 is 0 Å². The summed E-state index contributed by atoms with van der Waals surface area (Å²) in [5, 5.41) is 17.4. The van der Waals surface area contributed by atoms with Gasteiger partial charge in [-0.1, -0.05) is 0 Å². The van der Waals surface area contributed by atoms with Crippen LogP contribution in [0.15, 0.2) is 24.3 Å². The molecule has 0 radical (unpaired) electrons. The molecule has 5 nitrogen and oxygen atoms in total. The Bertz CT molecular complexity index is 493. The molecule has 0 spiro atoms. The van der Waals surface area contributed by atoms with Gasteiger partial charge in [0.2, 0.25) is 0 Å². The lowest BCUT2D eigenvalue weighted by Crippen LogP contribution is -2.05. The molecule has 6 heteroatoms. The van der Waals surface area contributed by atoms with Crippen molar-refractivity contribution in [3.63, 3.8) is 0 Å². The third-order valence-electron chi connectivity index (χ3n) is 1.95. The van der Waals surface area contributed by atoms with Crippen molar-refractivity contribution in [2.75, 3.05) is 7.11 Å². The number of methoxy groups -OCH3 is 1. The lowest BCUT2D eigenvalue weighted by Gasteiger charge is -2.08. The van der Waals surface area contributed by atoms with Gasteiger partial charge < -0.3 is 14.9 Å². The highest BCUT2D eigenvalue weighted by Gasteiger charge is 2.17. The summed E-state index contributed by atoms with van der Waals surface area (Å²) in [5.74, 6) is -3.51. The normalized spacial score (nSPS) is 11.1. The first-order valence-corrected chi connectivity index (χ1v) is 4.47. The van der Waals surface area contributed by atoms with Crippen molar-refractivity contribution in [2.24, 2.45) is 0 Å². The van der Waals surface area contributed by atoms with Crippen molar-refractivity contribution in [3.05, 3.63) is 35.7 Å². The molecule has 2 N–H and O–H groups in total. The summed E-state index contributed by atoms with van der Waals surface area (Å²) in [6, 6.07) is 3.22. The molecule has 17 heavy (non-hydrogen) atoms. The number of halogens is 1. The fraction of sp³-hybridized carbons (Fsp3) is 0.0909. The SMILES string of the molecule is COc1ccc(F)cc1/C(=C/C(=O)O)C(=O)O. The third-order valence-corrected chi connectivity index (χ3v) is 1.95. The molecule has 1 rings (SSSR count). The van der Waals surface area contributed by atoms with Gasteiger partial charge in [-0.3, -0.25) is 0 Å². The second-order valence-corrected chi connectivity index (χ2v) is 3.05. The maximum absolute atomic E-state index is 13.0. The zero-order valence-electron chi connectivity index (χ0n) is 8.81. The average Bonchev–Trinajstić information content (AvgIpc) is 2.25. The molecule has 0 aliphatic heterocycles.